The van der Waals surface area contributed by atoms with E-state index in [2.05, 4.69) is 14.7 Å². The van der Waals surface area contributed by atoms with E-state index in [0.717, 1.165) is 10.8 Å². The molecule has 3 N–H and O–H groups in total. The Bertz CT molecular complexity index is 1500. The summed E-state index contributed by atoms with van der Waals surface area (Å²) in [5.41, 5.74) is 1.09. The Morgan fingerprint density at radius 2 is 1.82 bits per heavy atom. The van der Waals surface area contributed by atoms with E-state index in [0.29, 0.717) is 11.0 Å². The number of aliphatic hydroxyl groups excluding tert-OH is 1. The van der Waals surface area contributed by atoms with Crippen LogP contribution in [0.15, 0.2) is 77.4 Å². The van der Waals surface area contributed by atoms with Crippen molar-refractivity contribution in [1.29, 1.82) is 5.26 Å². The first-order valence-corrected chi connectivity index (χ1v) is 11.3. The van der Waals surface area contributed by atoms with Crippen molar-refractivity contribution < 1.29 is 23.1 Å². The van der Waals surface area contributed by atoms with Gasteiger partial charge in [-0.1, -0.05) is 42.5 Å². The summed E-state index contributed by atoms with van der Waals surface area (Å²) < 4.78 is 32.1. The average Bonchev–Trinajstić information content (AvgIpc) is 3.25. The van der Waals surface area contributed by atoms with E-state index in [4.69, 9.17) is 4.74 Å². The molecule has 0 saturated heterocycles. The van der Waals surface area contributed by atoms with Gasteiger partial charge in [0, 0.05) is 0 Å². The Morgan fingerprint density at radius 3 is 2.58 bits per heavy atom. The van der Waals surface area contributed by atoms with Gasteiger partial charge in [0.15, 0.2) is 11.6 Å². The van der Waals surface area contributed by atoms with E-state index in [1.165, 1.54) is 12.1 Å². The molecule has 0 aliphatic rings. The fourth-order valence-corrected chi connectivity index (χ4v) is 4.17. The standard InChI is InChI=1S/C23H18N4O5S/c24-12-18(23-26-19-7-3-4-8-20(19)27-23)21(28)14-32-22(29)13-25-33(30,31)17-10-9-15-5-1-2-6-16(15)11-17/h1-11,25,28H,13-14H2,(H,26,27). The second-order valence-electron chi connectivity index (χ2n) is 7.03. The Hall–Kier alpha value is -4.20. The average molecular weight is 462 g/mol. The number of aromatic nitrogens is 2. The molecule has 0 aliphatic heterocycles. The SMILES string of the molecule is N#CC(=C(O)COC(=O)CNS(=O)(=O)c1ccc2ccccc2c1)c1nc2ccccc2[nH]1. The van der Waals surface area contributed by atoms with Gasteiger partial charge in [0.25, 0.3) is 0 Å². The van der Waals surface area contributed by atoms with Gasteiger partial charge in [0.2, 0.25) is 10.0 Å². The Kier molecular flexibility index (Phi) is 6.08. The number of esters is 1. The van der Waals surface area contributed by atoms with Crippen LogP contribution in [0.4, 0.5) is 0 Å². The number of imidazole rings is 1. The van der Waals surface area contributed by atoms with Gasteiger partial charge < -0.3 is 14.8 Å². The van der Waals surface area contributed by atoms with Crippen molar-refractivity contribution in [3.05, 3.63) is 78.3 Å². The number of carbonyl (C=O) groups excluding carboxylic acids is 1. The minimum absolute atomic E-state index is 0.00777. The summed E-state index contributed by atoms with van der Waals surface area (Å²) in [6.45, 7) is -1.26. The van der Waals surface area contributed by atoms with Crippen molar-refractivity contribution in [3.8, 4) is 6.07 Å². The van der Waals surface area contributed by atoms with Crippen LogP contribution in [0.3, 0.4) is 0 Å². The van der Waals surface area contributed by atoms with Gasteiger partial charge in [-0.2, -0.15) is 9.98 Å². The number of fused-ring (bicyclic) bond motifs is 2. The Labute approximate surface area is 189 Å². The fraction of sp³-hybridized carbons (Fsp3) is 0.0870. The van der Waals surface area contributed by atoms with E-state index < -0.39 is 34.9 Å². The minimum atomic E-state index is -3.96. The molecule has 0 unspecified atom stereocenters. The zero-order valence-corrected chi connectivity index (χ0v) is 18.0. The van der Waals surface area contributed by atoms with Crippen molar-refractivity contribution in [2.24, 2.45) is 0 Å². The third kappa shape index (κ3) is 4.85. The van der Waals surface area contributed by atoms with Crippen molar-refractivity contribution in [1.82, 2.24) is 14.7 Å². The number of allylic oxidation sites excluding steroid dienone is 1. The summed E-state index contributed by atoms with van der Waals surface area (Å²) in [6, 6.07) is 20.8. The summed E-state index contributed by atoms with van der Waals surface area (Å²) >= 11 is 0. The van der Waals surface area contributed by atoms with Crippen LogP contribution in [0.2, 0.25) is 0 Å². The smallest absolute Gasteiger partial charge is 0.321 e. The molecule has 0 amide bonds. The van der Waals surface area contributed by atoms with Gasteiger partial charge in [0.05, 0.1) is 15.9 Å². The molecule has 4 aromatic rings. The Morgan fingerprint density at radius 1 is 1.09 bits per heavy atom. The molecule has 0 spiro atoms. The summed E-state index contributed by atoms with van der Waals surface area (Å²) in [4.78, 5) is 19.2. The lowest BCUT2D eigenvalue weighted by Gasteiger charge is -2.08. The minimum Gasteiger partial charge on any atom is -0.507 e. The molecule has 1 aromatic heterocycles. The number of benzene rings is 3. The van der Waals surface area contributed by atoms with Gasteiger partial charge in [-0.25, -0.2) is 13.4 Å². The van der Waals surface area contributed by atoms with Crippen LogP contribution in [0.25, 0.3) is 27.4 Å². The van der Waals surface area contributed by atoms with Crippen LogP contribution in [0.5, 0.6) is 0 Å². The topological polar surface area (TPSA) is 145 Å². The van der Waals surface area contributed by atoms with Gasteiger partial charge in [-0.15, -0.1) is 0 Å². The number of hydrogen-bond acceptors (Lipinski definition) is 7. The number of nitrogens with zero attached hydrogens (tertiary/aromatic N) is 2. The number of aliphatic hydroxyl groups is 1. The zero-order valence-electron chi connectivity index (χ0n) is 17.1. The van der Waals surface area contributed by atoms with E-state index in [9.17, 15) is 23.6 Å². The van der Waals surface area contributed by atoms with E-state index in [1.54, 1.807) is 42.5 Å². The molecule has 10 heteroatoms. The Balaban J connectivity index is 1.40. The van der Waals surface area contributed by atoms with Crippen LogP contribution >= 0.6 is 0 Å². The predicted octanol–water partition coefficient (Wildman–Crippen LogP) is 3.03. The molecule has 166 valence electrons. The van der Waals surface area contributed by atoms with Gasteiger partial charge in [-0.3, -0.25) is 4.79 Å². The maximum Gasteiger partial charge on any atom is 0.321 e. The summed E-state index contributed by atoms with van der Waals surface area (Å²) in [7, 11) is -3.96. The molecule has 0 fully saturated rings. The number of aromatic amines is 1. The zero-order chi connectivity index (χ0) is 23.4. The van der Waals surface area contributed by atoms with Crippen molar-refractivity contribution >= 4 is 43.4 Å². The van der Waals surface area contributed by atoms with E-state index in [1.807, 2.05) is 18.2 Å². The van der Waals surface area contributed by atoms with Crippen molar-refractivity contribution in [2.75, 3.05) is 13.2 Å². The number of nitriles is 1. The quantitative estimate of drug-likeness (QED) is 0.217. The second kappa shape index (κ2) is 9.12. The number of rotatable bonds is 7. The molecule has 9 nitrogen and oxygen atoms in total. The highest BCUT2D eigenvalue weighted by Gasteiger charge is 2.18. The number of hydrogen-bond donors (Lipinski definition) is 3. The van der Waals surface area contributed by atoms with Gasteiger partial charge in [0.1, 0.15) is 24.8 Å². The molecule has 0 saturated carbocycles. The molecule has 1 heterocycles. The third-order valence-electron chi connectivity index (χ3n) is 4.83. The summed E-state index contributed by atoms with van der Waals surface area (Å²) in [6.07, 6.45) is 0. The van der Waals surface area contributed by atoms with Crippen LogP contribution in [0, 0.1) is 11.3 Å². The molecule has 0 aliphatic carbocycles. The fourth-order valence-electron chi connectivity index (χ4n) is 3.17. The molecule has 0 radical (unpaired) electrons. The predicted molar refractivity (Wildman–Crippen MR) is 121 cm³/mol. The first-order chi connectivity index (χ1) is 15.9. The lowest BCUT2D eigenvalue weighted by atomic mass is 10.1. The molecule has 0 bridgehead atoms. The second-order valence-corrected chi connectivity index (χ2v) is 8.80. The molecule has 4 rings (SSSR count). The number of carbonyl (C=O) groups is 1. The lowest BCUT2D eigenvalue weighted by molar-refractivity contribution is -0.141. The third-order valence-corrected chi connectivity index (χ3v) is 6.23. The molecule has 0 atom stereocenters. The van der Waals surface area contributed by atoms with Gasteiger partial charge in [-0.05, 0) is 35.0 Å². The number of H-pyrrole nitrogens is 1. The monoisotopic (exact) mass is 462 g/mol. The molecule has 33 heavy (non-hydrogen) atoms. The maximum atomic E-state index is 12.5. The summed E-state index contributed by atoms with van der Waals surface area (Å²) in [5, 5.41) is 21.2. The lowest BCUT2D eigenvalue weighted by Crippen LogP contribution is -2.31. The van der Waals surface area contributed by atoms with E-state index in [-0.39, 0.29) is 16.3 Å². The number of para-hydroxylation sites is 2. The van der Waals surface area contributed by atoms with Crippen LogP contribution in [0.1, 0.15) is 5.82 Å². The maximum absolute atomic E-state index is 12.5. The first kappa shape index (κ1) is 22.0. The first-order valence-electron chi connectivity index (χ1n) is 9.79. The highest BCUT2D eigenvalue weighted by atomic mass is 32.2. The van der Waals surface area contributed by atoms with Crippen LogP contribution in [-0.4, -0.2) is 42.6 Å². The van der Waals surface area contributed by atoms with Crippen molar-refractivity contribution in [3.63, 3.8) is 0 Å². The van der Waals surface area contributed by atoms with Gasteiger partial charge >= 0.3 is 5.97 Å². The van der Waals surface area contributed by atoms with Crippen molar-refractivity contribution in [2.45, 2.75) is 4.90 Å². The number of ether oxygens (including phenoxy) is 1. The molecular formula is C23H18N4O5S. The normalized spacial score (nSPS) is 12.3. The largest absolute Gasteiger partial charge is 0.507 e. The molecule has 3 aromatic carbocycles. The highest BCUT2D eigenvalue weighted by Crippen LogP contribution is 2.20. The highest BCUT2D eigenvalue weighted by molar-refractivity contribution is 7.89. The van der Waals surface area contributed by atoms with Crippen LogP contribution < -0.4 is 4.72 Å². The number of nitrogens with one attached hydrogen (secondary N) is 2. The number of sulfonamides is 1. The van der Waals surface area contributed by atoms with E-state index >= 15 is 0 Å². The molecular weight excluding hydrogens is 444 g/mol. The summed E-state index contributed by atoms with van der Waals surface area (Å²) in [5.74, 6) is -1.31. The van der Waals surface area contributed by atoms with Crippen LogP contribution in [-0.2, 0) is 19.6 Å².